The standard InChI is InChI=1S/C27H26F2N4O2/c28-22-5-1-19(2-6-22)14-33-15-20(13-30-33)24(34)31-12-11-26(16-31)17-32(18-26)25(35)27(9-10-27)21-3-7-23(29)8-4-21/h1-8,13,15H,9-12,14,16-18H2. The summed E-state index contributed by atoms with van der Waals surface area (Å²) in [5.41, 5.74) is 1.79. The molecule has 0 N–H and O–H groups in total. The predicted molar refractivity (Wildman–Crippen MR) is 125 cm³/mol. The van der Waals surface area contributed by atoms with Gasteiger partial charge in [-0.2, -0.15) is 5.10 Å². The van der Waals surface area contributed by atoms with Gasteiger partial charge in [-0.25, -0.2) is 8.78 Å². The second-order valence-corrected chi connectivity index (χ2v) is 10.3. The number of nitrogens with zero attached hydrogens (tertiary/aromatic N) is 4. The molecular weight excluding hydrogens is 450 g/mol. The maximum atomic E-state index is 13.3. The monoisotopic (exact) mass is 476 g/mol. The molecule has 35 heavy (non-hydrogen) atoms. The lowest BCUT2D eigenvalue weighted by molar-refractivity contribution is -0.145. The van der Waals surface area contributed by atoms with E-state index in [1.54, 1.807) is 41.3 Å². The fourth-order valence-electron chi connectivity index (χ4n) is 5.62. The molecule has 3 fully saturated rings. The second kappa shape index (κ2) is 8.00. The second-order valence-electron chi connectivity index (χ2n) is 10.3. The van der Waals surface area contributed by atoms with Crippen LogP contribution in [0.25, 0.3) is 0 Å². The first kappa shape index (κ1) is 21.9. The molecule has 2 amide bonds. The van der Waals surface area contributed by atoms with Crippen LogP contribution in [0.1, 0.15) is 40.7 Å². The summed E-state index contributed by atoms with van der Waals surface area (Å²) in [5, 5.41) is 4.30. The van der Waals surface area contributed by atoms with Gasteiger partial charge in [0.25, 0.3) is 5.91 Å². The van der Waals surface area contributed by atoms with Crippen LogP contribution in [0.2, 0.25) is 0 Å². The lowest BCUT2D eigenvalue weighted by Crippen LogP contribution is -2.61. The molecule has 1 aromatic heterocycles. The third-order valence-electron chi connectivity index (χ3n) is 7.76. The zero-order valence-electron chi connectivity index (χ0n) is 19.3. The number of halogens is 2. The molecule has 6 rings (SSSR count). The van der Waals surface area contributed by atoms with E-state index in [1.165, 1.54) is 24.3 Å². The van der Waals surface area contributed by atoms with E-state index in [9.17, 15) is 18.4 Å². The summed E-state index contributed by atoms with van der Waals surface area (Å²) in [4.78, 5) is 30.1. The van der Waals surface area contributed by atoms with Crippen LogP contribution >= 0.6 is 0 Å². The van der Waals surface area contributed by atoms with Crippen molar-refractivity contribution in [1.82, 2.24) is 19.6 Å². The molecule has 180 valence electrons. The normalized spacial score (nSPS) is 19.6. The molecule has 3 aromatic rings. The van der Waals surface area contributed by atoms with Crippen LogP contribution in [0, 0.1) is 17.0 Å². The van der Waals surface area contributed by atoms with Crippen molar-refractivity contribution in [2.24, 2.45) is 5.41 Å². The molecule has 0 radical (unpaired) electrons. The highest BCUT2D eigenvalue weighted by atomic mass is 19.1. The lowest BCUT2D eigenvalue weighted by atomic mass is 9.77. The Labute approximate surface area is 202 Å². The summed E-state index contributed by atoms with van der Waals surface area (Å²) in [6.07, 6.45) is 5.77. The van der Waals surface area contributed by atoms with Crippen LogP contribution in [0.3, 0.4) is 0 Å². The van der Waals surface area contributed by atoms with Crippen LogP contribution in [0.5, 0.6) is 0 Å². The first-order chi connectivity index (χ1) is 16.9. The summed E-state index contributed by atoms with van der Waals surface area (Å²) >= 11 is 0. The molecule has 1 saturated carbocycles. The van der Waals surface area contributed by atoms with E-state index >= 15 is 0 Å². The Morgan fingerprint density at radius 2 is 1.49 bits per heavy atom. The summed E-state index contributed by atoms with van der Waals surface area (Å²) in [6.45, 7) is 3.06. The molecule has 0 unspecified atom stereocenters. The number of likely N-dealkylation sites (tertiary alicyclic amines) is 2. The Kier molecular flexibility index (Phi) is 5.02. The Balaban J connectivity index is 1.06. The number of rotatable bonds is 5. The van der Waals surface area contributed by atoms with Crippen molar-refractivity contribution in [3.63, 3.8) is 0 Å². The highest BCUT2D eigenvalue weighted by Crippen LogP contribution is 2.52. The van der Waals surface area contributed by atoms with E-state index in [0.29, 0.717) is 38.3 Å². The molecule has 8 heteroatoms. The van der Waals surface area contributed by atoms with Gasteiger partial charge in [-0.1, -0.05) is 24.3 Å². The van der Waals surface area contributed by atoms with E-state index in [2.05, 4.69) is 5.10 Å². The first-order valence-corrected chi connectivity index (χ1v) is 12.0. The summed E-state index contributed by atoms with van der Waals surface area (Å²) in [7, 11) is 0. The minimum Gasteiger partial charge on any atom is -0.341 e. The average Bonchev–Trinajstić information content (AvgIpc) is 3.30. The smallest absolute Gasteiger partial charge is 0.257 e. The van der Waals surface area contributed by atoms with Crippen molar-refractivity contribution in [1.29, 1.82) is 0 Å². The van der Waals surface area contributed by atoms with Gasteiger partial charge in [0.2, 0.25) is 5.91 Å². The van der Waals surface area contributed by atoms with E-state index in [4.69, 9.17) is 0 Å². The summed E-state index contributed by atoms with van der Waals surface area (Å²) < 4.78 is 28.1. The molecule has 1 aliphatic carbocycles. The fraction of sp³-hybridized carbons (Fsp3) is 0.370. The van der Waals surface area contributed by atoms with Gasteiger partial charge in [-0.15, -0.1) is 0 Å². The minimum absolute atomic E-state index is 0.0473. The molecule has 0 bridgehead atoms. The Morgan fingerprint density at radius 3 is 2.14 bits per heavy atom. The Hall–Kier alpha value is -3.55. The maximum absolute atomic E-state index is 13.3. The predicted octanol–water partition coefficient (Wildman–Crippen LogP) is 3.62. The fourth-order valence-corrected chi connectivity index (χ4v) is 5.62. The average molecular weight is 477 g/mol. The highest BCUT2D eigenvalue weighted by molar-refractivity contribution is 5.94. The van der Waals surface area contributed by atoms with Crippen molar-refractivity contribution < 1.29 is 18.4 Å². The molecule has 3 heterocycles. The number of carbonyl (C=O) groups is 2. The van der Waals surface area contributed by atoms with Gasteiger partial charge in [-0.3, -0.25) is 14.3 Å². The van der Waals surface area contributed by atoms with Gasteiger partial charge >= 0.3 is 0 Å². The number of hydrogen-bond donors (Lipinski definition) is 0. The lowest BCUT2D eigenvalue weighted by Gasteiger charge is -2.49. The molecule has 1 spiro atoms. The number of carbonyl (C=O) groups excluding carboxylic acids is 2. The topological polar surface area (TPSA) is 58.4 Å². The molecule has 0 atom stereocenters. The SMILES string of the molecule is O=C(c1cnn(Cc2ccc(F)cc2)c1)N1CCC2(C1)CN(C(=O)C1(c3ccc(F)cc3)CC1)C2. The Morgan fingerprint density at radius 1 is 0.857 bits per heavy atom. The van der Waals surface area contributed by atoms with Crippen molar-refractivity contribution in [2.45, 2.75) is 31.2 Å². The molecular formula is C27H26F2N4O2. The number of hydrogen-bond acceptors (Lipinski definition) is 3. The number of amides is 2. The van der Waals surface area contributed by atoms with Crippen LogP contribution in [0.4, 0.5) is 8.78 Å². The van der Waals surface area contributed by atoms with E-state index in [0.717, 1.165) is 30.4 Å². The van der Waals surface area contributed by atoms with Crippen molar-refractivity contribution in [3.05, 3.63) is 89.2 Å². The van der Waals surface area contributed by atoms with Crippen LogP contribution in [-0.4, -0.2) is 57.6 Å². The number of aromatic nitrogens is 2. The minimum atomic E-state index is -0.497. The van der Waals surface area contributed by atoms with Gasteiger partial charge in [0.05, 0.1) is 23.7 Å². The zero-order chi connectivity index (χ0) is 24.2. The zero-order valence-corrected chi connectivity index (χ0v) is 19.3. The largest absolute Gasteiger partial charge is 0.341 e. The van der Waals surface area contributed by atoms with Crippen LogP contribution < -0.4 is 0 Å². The third-order valence-corrected chi connectivity index (χ3v) is 7.76. The molecule has 3 aliphatic rings. The first-order valence-electron chi connectivity index (χ1n) is 12.0. The van der Waals surface area contributed by atoms with Crippen molar-refractivity contribution >= 4 is 11.8 Å². The Bertz CT molecular complexity index is 1280. The summed E-state index contributed by atoms with van der Waals surface area (Å²) in [6, 6.07) is 12.5. The van der Waals surface area contributed by atoms with Crippen LogP contribution in [-0.2, 0) is 16.8 Å². The molecule has 2 saturated heterocycles. The van der Waals surface area contributed by atoms with E-state index < -0.39 is 5.41 Å². The molecule has 6 nitrogen and oxygen atoms in total. The van der Waals surface area contributed by atoms with Gasteiger partial charge in [0, 0.05) is 37.8 Å². The quantitative estimate of drug-likeness (QED) is 0.565. The van der Waals surface area contributed by atoms with Crippen LogP contribution in [0.15, 0.2) is 60.9 Å². The van der Waals surface area contributed by atoms with Gasteiger partial charge in [-0.05, 0) is 54.7 Å². The van der Waals surface area contributed by atoms with Crippen molar-refractivity contribution in [3.8, 4) is 0 Å². The van der Waals surface area contributed by atoms with Gasteiger partial charge in [0.15, 0.2) is 0 Å². The van der Waals surface area contributed by atoms with E-state index in [1.807, 2.05) is 9.80 Å². The van der Waals surface area contributed by atoms with Crippen molar-refractivity contribution in [2.75, 3.05) is 26.2 Å². The van der Waals surface area contributed by atoms with Gasteiger partial charge in [0.1, 0.15) is 11.6 Å². The molecule has 2 aliphatic heterocycles. The van der Waals surface area contributed by atoms with E-state index in [-0.39, 0.29) is 28.9 Å². The molecule has 2 aromatic carbocycles. The number of benzene rings is 2. The third kappa shape index (κ3) is 3.90. The highest BCUT2D eigenvalue weighted by Gasteiger charge is 2.58. The maximum Gasteiger partial charge on any atom is 0.257 e. The van der Waals surface area contributed by atoms with Gasteiger partial charge < -0.3 is 9.80 Å². The summed E-state index contributed by atoms with van der Waals surface area (Å²) in [5.74, 6) is -0.507.